The topological polar surface area (TPSA) is 31.2 Å². The van der Waals surface area contributed by atoms with Crippen LogP contribution in [0.5, 0.6) is 0 Å². The predicted octanol–water partition coefficient (Wildman–Crippen LogP) is 3.78. The summed E-state index contributed by atoms with van der Waals surface area (Å²) in [7, 11) is 1.41. The van der Waals surface area contributed by atoms with Crippen molar-refractivity contribution in [3.63, 3.8) is 0 Å². The van der Waals surface area contributed by atoms with Crippen molar-refractivity contribution < 1.29 is 9.53 Å². The molecule has 106 valence electrons. The molecule has 0 radical (unpaired) electrons. The van der Waals surface area contributed by atoms with Crippen LogP contribution in [0.2, 0.25) is 0 Å². The van der Waals surface area contributed by atoms with Gasteiger partial charge in [0.2, 0.25) is 0 Å². The molecule has 0 bridgehead atoms. The number of hydrogen-bond donors (Lipinski definition) is 0. The second kappa shape index (κ2) is 5.44. The highest BCUT2D eigenvalue weighted by Crippen LogP contribution is 2.22. The molecule has 0 spiro atoms. The van der Waals surface area contributed by atoms with Gasteiger partial charge in [-0.15, -0.1) is 0 Å². The van der Waals surface area contributed by atoms with Crippen LogP contribution in [-0.4, -0.2) is 17.6 Å². The number of carbonyl (C=O) groups excluding carboxylic acids is 1. The number of aromatic nitrogens is 1. The average Bonchev–Trinajstić information content (AvgIpc) is 2.83. The van der Waals surface area contributed by atoms with Crippen LogP contribution in [-0.2, 0) is 11.3 Å². The Kier molecular flexibility index (Phi) is 3.48. The lowest BCUT2D eigenvalue weighted by molar-refractivity contribution is 0.0599. The molecule has 0 aliphatic carbocycles. The summed E-state index contributed by atoms with van der Waals surface area (Å²) in [5.74, 6) is -0.292. The Bertz CT molecular complexity index is 802. The zero-order chi connectivity index (χ0) is 14.8. The molecule has 0 atom stereocenters. The van der Waals surface area contributed by atoms with E-state index in [2.05, 4.69) is 29.7 Å². The number of aryl methyl sites for hydroxylation is 1. The van der Waals surface area contributed by atoms with Gasteiger partial charge in [-0.2, -0.15) is 0 Å². The molecule has 21 heavy (non-hydrogen) atoms. The van der Waals surface area contributed by atoms with E-state index in [4.69, 9.17) is 4.74 Å². The molecule has 0 amide bonds. The van der Waals surface area contributed by atoms with Crippen LogP contribution >= 0.6 is 0 Å². The van der Waals surface area contributed by atoms with Gasteiger partial charge < -0.3 is 9.30 Å². The molecule has 1 heterocycles. The lowest BCUT2D eigenvalue weighted by Crippen LogP contribution is -2.09. The molecule has 0 aliphatic heterocycles. The number of methoxy groups -OCH3 is 1. The summed E-state index contributed by atoms with van der Waals surface area (Å²) >= 11 is 0. The number of esters is 1. The summed E-state index contributed by atoms with van der Waals surface area (Å²) < 4.78 is 7.08. The molecule has 0 saturated heterocycles. The highest BCUT2D eigenvalue weighted by atomic mass is 16.5. The lowest BCUT2D eigenvalue weighted by Gasteiger charge is -2.12. The van der Waals surface area contributed by atoms with E-state index in [1.54, 1.807) is 0 Å². The van der Waals surface area contributed by atoms with Crippen LogP contribution in [0.25, 0.3) is 10.9 Å². The van der Waals surface area contributed by atoms with Crippen LogP contribution in [0.4, 0.5) is 0 Å². The smallest absolute Gasteiger partial charge is 0.338 e. The summed E-state index contributed by atoms with van der Waals surface area (Å²) in [5, 5.41) is 1.21. The molecular weight excluding hydrogens is 262 g/mol. The number of para-hydroxylation sites is 1. The van der Waals surface area contributed by atoms with Crippen molar-refractivity contribution >= 4 is 16.9 Å². The number of fused-ring (bicyclic) bond motifs is 1. The van der Waals surface area contributed by atoms with Crippen LogP contribution in [0, 0.1) is 6.92 Å². The van der Waals surface area contributed by atoms with Gasteiger partial charge in [-0.1, -0.05) is 36.4 Å². The molecule has 3 rings (SSSR count). The molecule has 3 heteroatoms. The van der Waals surface area contributed by atoms with E-state index in [0.29, 0.717) is 12.1 Å². The maximum atomic E-state index is 11.9. The molecule has 0 fully saturated rings. The number of ether oxygens (including phenoxy) is 1. The standard InChI is InChI=1S/C18H17NO2/c1-13-11-14-7-4-6-10-17(14)19(13)12-15-8-3-5-9-16(15)18(20)21-2/h3-11H,12H2,1-2H3. The van der Waals surface area contributed by atoms with E-state index >= 15 is 0 Å². The van der Waals surface area contributed by atoms with Crippen molar-refractivity contribution in [1.29, 1.82) is 0 Å². The Hall–Kier alpha value is -2.55. The quantitative estimate of drug-likeness (QED) is 0.683. The van der Waals surface area contributed by atoms with E-state index in [1.165, 1.54) is 23.7 Å². The van der Waals surface area contributed by atoms with Gasteiger partial charge in [-0.3, -0.25) is 0 Å². The fourth-order valence-corrected chi connectivity index (χ4v) is 2.70. The molecule has 0 N–H and O–H groups in total. The van der Waals surface area contributed by atoms with E-state index in [0.717, 1.165) is 5.56 Å². The van der Waals surface area contributed by atoms with Crippen LogP contribution < -0.4 is 0 Å². The lowest BCUT2D eigenvalue weighted by atomic mass is 10.1. The minimum atomic E-state index is -0.292. The summed E-state index contributed by atoms with van der Waals surface area (Å²) in [6, 6.07) is 18.0. The van der Waals surface area contributed by atoms with Crippen molar-refractivity contribution in [2.24, 2.45) is 0 Å². The number of rotatable bonds is 3. The molecule has 0 unspecified atom stereocenters. The summed E-state index contributed by atoms with van der Waals surface area (Å²) in [6.45, 7) is 2.74. The Morgan fingerprint density at radius 1 is 1.10 bits per heavy atom. The Balaban J connectivity index is 2.07. The molecular formula is C18H17NO2. The minimum absolute atomic E-state index is 0.292. The van der Waals surface area contributed by atoms with Crippen molar-refractivity contribution in [2.45, 2.75) is 13.5 Å². The van der Waals surface area contributed by atoms with Crippen LogP contribution in [0.3, 0.4) is 0 Å². The second-order valence-corrected chi connectivity index (χ2v) is 5.08. The first-order valence-electron chi connectivity index (χ1n) is 6.92. The molecule has 3 nitrogen and oxygen atoms in total. The van der Waals surface area contributed by atoms with Gasteiger partial charge in [-0.25, -0.2) is 4.79 Å². The van der Waals surface area contributed by atoms with Gasteiger partial charge in [0.05, 0.1) is 12.7 Å². The first kappa shape index (κ1) is 13.4. The van der Waals surface area contributed by atoms with Gasteiger partial charge in [0, 0.05) is 17.8 Å². The van der Waals surface area contributed by atoms with Gasteiger partial charge >= 0.3 is 5.97 Å². The fourth-order valence-electron chi connectivity index (χ4n) is 2.70. The van der Waals surface area contributed by atoms with Crippen molar-refractivity contribution in [3.05, 3.63) is 71.4 Å². The van der Waals surface area contributed by atoms with Gasteiger partial charge in [0.15, 0.2) is 0 Å². The monoisotopic (exact) mass is 279 g/mol. The second-order valence-electron chi connectivity index (χ2n) is 5.08. The number of carbonyl (C=O) groups is 1. The SMILES string of the molecule is COC(=O)c1ccccc1Cn1c(C)cc2ccccc21. The Morgan fingerprint density at radius 3 is 2.62 bits per heavy atom. The largest absolute Gasteiger partial charge is 0.465 e. The molecule has 1 aromatic heterocycles. The zero-order valence-electron chi connectivity index (χ0n) is 12.2. The van der Waals surface area contributed by atoms with E-state index in [-0.39, 0.29) is 5.97 Å². The molecule has 2 aromatic carbocycles. The van der Waals surface area contributed by atoms with E-state index in [1.807, 2.05) is 36.4 Å². The highest BCUT2D eigenvalue weighted by molar-refractivity contribution is 5.91. The van der Waals surface area contributed by atoms with Crippen molar-refractivity contribution in [3.8, 4) is 0 Å². The van der Waals surface area contributed by atoms with Gasteiger partial charge in [0.1, 0.15) is 0 Å². The number of nitrogens with zero attached hydrogens (tertiary/aromatic N) is 1. The highest BCUT2D eigenvalue weighted by Gasteiger charge is 2.13. The summed E-state index contributed by atoms with van der Waals surface area (Å²) in [6.07, 6.45) is 0. The fraction of sp³-hybridized carbons (Fsp3) is 0.167. The Labute approximate surface area is 123 Å². The van der Waals surface area contributed by atoms with Gasteiger partial charge in [-0.05, 0) is 36.1 Å². The number of hydrogen-bond acceptors (Lipinski definition) is 2. The third-order valence-electron chi connectivity index (χ3n) is 3.77. The van der Waals surface area contributed by atoms with Crippen molar-refractivity contribution in [2.75, 3.05) is 7.11 Å². The average molecular weight is 279 g/mol. The molecule has 0 saturated carbocycles. The predicted molar refractivity (Wildman–Crippen MR) is 83.6 cm³/mol. The molecule has 3 aromatic rings. The minimum Gasteiger partial charge on any atom is -0.465 e. The summed E-state index contributed by atoms with van der Waals surface area (Å²) in [5.41, 5.74) is 3.94. The van der Waals surface area contributed by atoms with Gasteiger partial charge in [0.25, 0.3) is 0 Å². The van der Waals surface area contributed by atoms with Crippen LogP contribution in [0.1, 0.15) is 21.6 Å². The van der Waals surface area contributed by atoms with E-state index < -0.39 is 0 Å². The third kappa shape index (κ3) is 2.42. The summed E-state index contributed by atoms with van der Waals surface area (Å²) in [4.78, 5) is 11.9. The maximum Gasteiger partial charge on any atom is 0.338 e. The maximum absolute atomic E-state index is 11.9. The van der Waals surface area contributed by atoms with E-state index in [9.17, 15) is 4.79 Å². The normalized spacial score (nSPS) is 10.8. The Morgan fingerprint density at radius 2 is 1.81 bits per heavy atom. The molecule has 0 aliphatic rings. The number of benzene rings is 2. The zero-order valence-corrected chi connectivity index (χ0v) is 12.2. The first-order chi connectivity index (χ1) is 10.2. The third-order valence-corrected chi connectivity index (χ3v) is 3.77. The first-order valence-corrected chi connectivity index (χ1v) is 6.92. The van der Waals surface area contributed by atoms with Crippen LogP contribution in [0.15, 0.2) is 54.6 Å². The van der Waals surface area contributed by atoms with Crippen molar-refractivity contribution in [1.82, 2.24) is 4.57 Å².